The Morgan fingerprint density at radius 1 is 1.27 bits per heavy atom. The van der Waals surface area contributed by atoms with Gasteiger partial charge in [0.2, 0.25) is 0 Å². The van der Waals surface area contributed by atoms with Gasteiger partial charge in [-0.2, -0.15) is 0 Å². The first-order valence-corrected chi connectivity index (χ1v) is 4.89. The van der Waals surface area contributed by atoms with Crippen LogP contribution in [0.5, 0.6) is 0 Å². The molecule has 1 nitrogen and oxygen atoms in total. The van der Waals surface area contributed by atoms with E-state index in [2.05, 4.69) is 6.92 Å². The van der Waals surface area contributed by atoms with Gasteiger partial charge in [0, 0.05) is 0 Å². The minimum atomic E-state index is 0.0196. The van der Waals surface area contributed by atoms with Crippen molar-refractivity contribution in [3.63, 3.8) is 0 Å². The number of aliphatic hydroxyl groups excluding tert-OH is 1. The minimum absolute atomic E-state index is 0.0196. The molecule has 1 heteroatoms. The Labute approximate surface area is 68.8 Å². The normalized spacial score (nSPS) is 50.7. The van der Waals surface area contributed by atoms with Crippen LogP contribution < -0.4 is 0 Å². The zero-order valence-corrected chi connectivity index (χ0v) is 7.34. The lowest BCUT2D eigenvalue weighted by molar-refractivity contribution is 0.0365. The van der Waals surface area contributed by atoms with Crippen molar-refractivity contribution >= 4 is 0 Å². The fourth-order valence-electron chi connectivity index (χ4n) is 2.98. The Morgan fingerprint density at radius 2 is 2.09 bits per heavy atom. The Morgan fingerprint density at radius 3 is 2.91 bits per heavy atom. The van der Waals surface area contributed by atoms with E-state index < -0.39 is 0 Å². The molecule has 0 aromatic carbocycles. The highest BCUT2D eigenvalue weighted by molar-refractivity contribution is 4.93. The van der Waals surface area contributed by atoms with Crippen LogP contribution in [0.25, 0.3) is 0 Å². The fraction of sp³-hybridized carbons (Fsp3) is 1.00. The average molecular weight is 154 g/mol. The molecule has 2 saturated carbocycles. The standard InChI is InChI=1S/C10H18O/c1-10-5-2-3-8(10)7-9(11)4-6-10/h8-9,11H,2-7H2,1H3/t8-,9+,10+/m1/s1. The summed E-state index contributed by atoms with van der Waals surface area (Å²) < 4.78 is 0. The summed E-state index contributed by atoms with van der Waals surface area (Å²) in [4.78, 5) is 0. The van der Waals surface area contributed by atoms with E-state index in [1.54, 1.807) is 0 Å². The van der Waals surface area contributed by atoms with Crippen LogP contribution in [0.3, 0.4) is 0 Å². The van der Waals surface area contributed by atoms with E-state index in [9.17, 15) is 5.11 Å². The minimum Gasteiger partial charge on any atom is -0.393 e. The Kier molecular flexibility index (Phi) is 1.71. The van der Waals surface area contributed by atoms with Gasteiger partial charge in [0.05, 0.1) is 6.10 Å². The predicted octanol–water partition coefficient (Wildman–Crippen LogP) is 2.34. The Balaban J connectivity index is 2.08. The van der Waals surface area contributed by atoms with E-state index in [4.69, 9.17) is 0 Å². The molecule has 2 fully saturated rings. The van der Waals surface area contributed by atoms with Gasteiger partial charge in [-0.1, -0.05) is 13.3 Å². The molecule has 2 aliphatic rings. The van der Waals surface area contributed by atoms with Crippen molar-refractivity contribution in [2.45, 2.75) is 51.6 Å². The molecule has 0 amide bonds. The molecular formula is C10H18O. The van der Waals surface area contributed by atoms with Crippen LogP contribution >= 0.6 is 0 Å². The zero-order chi connectivity index (χ0) is 7.90. The number of hydrogen-bond acceptors (Lipinski definition) is 1. The van der Waals surface area contributed by atoms with E-state index in [0.29, 0.717) is 5.41 Å². The first-order chi connectivity index (χ1) is 5.21. The number of rotatable bonds is 0. The zero-order valence-electron chi connectivity index (χ0n) is 7.34. The monoisotopic (exact) mass is 154 g/mol. The molecule has 0 saturated heterocycles. The third-order valence-corrected chi connectivity index (χ3v) is 3.89. The summed E-state index contributed by atoms with van der Waals surface area (Å²) in [7, 11) is 0. The average Bonchev–Trinajstić information content (AvgIpc) is 2.31. The van der Waals surface area contributed by atoms with Crippen molar-refractivity contribution in [1.82, 2.24) is 0 Å². The first-order valence-electron chi connectivity index (χ1n) is 4.89. The number of aliphatic hydroxyl groups is 1. The molecule has 0 bridgehead atoms. The molecule has 64 valence electrons. The molecule has 3 atom stereocenters. The van der Waals surface area contributed by atoms with Crippen LogP contribution in [0.4, 0.5) is 0 Å². The molecule has 2 rings (SSSR count). The number of hydrogen-bond donors (Lipinski definition) is 1. The quantitative estimate of drug-likeness (QED) is 0.568. The van der Waals surface area contributed by atoms with Crippen molar-refractivity contribution < 1.29 is 5.11 Å². The smallest absolute Gasteiger partial charge is 0.0543 e. The summed E-state index contributed by atoms with van der Waals surface area (Å²) in [5, 5.41) is 9.47. The van der Waals surface area contributed by atoms with Gasteiger partial charge in [0.25, 0.3) is 0 Å². The topological polar surface area (TPSA) is 20.2 Å². The predicted molar refractivity (Wildman–Crippen MR) is 45.3 cm³/mol. The Hall–Kier alpha value is -0.0400. The molecule has 0 spiro atoms. The van der Waals surface area contributed by atoms with E-state index in [-0.39, 0.29) is 6.10 Å². The summed E-state index contributed by atoms with van der Waals surface area (Å²) in [6.45, 7) is 2.41. The summed E-state index contributed by atoms with van der Waals surface area (Å²) in [5.74, 6) is 0.839. The second-order valence-corrected chi connectivity index (χ2v) is 4.67. The van der Waals surface area contributed by atoms with Gasteiger partial charge in [0.1, 0.15) is 0 Å². The van der Waals surface area contributed by atoms with E-state index in [1.165, 1.54) is 25.7 Å². The van der Waals surface area contributed by atoms with Gasteiger partial charge in [-0.05, 0) is 43.4 Å². The van der Waals surface area contributed by atoms with Crippen molar-refractivity contribution in [1.29, 1.82) is 0 Å². The van der Waals surface area contributed by atoms with Crippen LogP contribution in [-0.4, -0.2) is 11.2 Å². The summed E-state index contributed by atoms with van der Waals surface area (Å²) >= 11 is 0. The number of fused-ring (bicyclic) bond motifs is 1. The van der Waals surface area contributed by atoms with Gasteiger partial charge < -0.3 is 5.11 Å². The van der Waals surface area contributed by atoms with Gasteiger partial charge in [-0.3, -0.25) is 0 Å². The highest BCUT2D eigenvalue weighted by Crippen LogP contribution is 2.51. The maximum atomic E-state index is 9.47. The highest BCUT2D eigenvalue weighted by atomic mass is 16.3. The largest absolute Gasteiger partial charge is 0.393 e. The van der Waals surface area contributed by atoms with Gasteiger partial charge >= 0.3 is 0 Å². The molecular weight excluding hydrogens is 136 g/mol. The van der Waals surface area contributed by atoms with Crippen molar-refractivity contribution in [2.24, 2.45) is 11.3 Å². The van der Waals surface area contributed by atoms with Gasteiger partial charge in [-0.15, -0.1) is 0 Å². The van der Waals surface area contributed by atoms with Crippen molar-refractivity contribution in [3.05, 3.63) is 0 Å². The molecule has 0 aromatic rings. The highest BCUT2D eigenvalue weighted by Gasteiger charge is 2.42. The lowest BCUT2D eigenvalue weighted by atomic mass is 9.69. The molecule has 0 aliphatic heterocycles. The molecule has 0 radical (unpaired) electrons. The van der Waals surface area contributed by atoms with Crippen molar-refractivity contribution in [3.8, 4) is 0 Å². The Bertz CT molecular complexity index is 155. The molecule has 0 aromatic heterocycles. The van der Waals surface area contributed by atoms with Crippen LogP contribution in [0.1, 0.15) is 45.4 Å². The second kappa shape index (κ2) is 2.48. The van der Waals surface area contributed by atoms with E-state index >= 15 is 0 Å². The first kappa shape index (κ1) is 7.60. The third kappa shape index (κ3) is 1.20. The van der Waals surface area contributed by atoms with Gasteiger partial charge in [-0.25, -0.2) is 0 Å². The lowest BCUT2D eigenvalue weighted by Crippen LogP contribution is -2.32. The molecule has 2 aliphatic carbocycles. The van der Waals surface area contributed by atoms with Crippen LogP contribution in [0.15, 0.2) is 0 Å². The molecule has 0 unspecified atom stereocenters. The van der Waals surface area contributed by atoms with Crippen LogP contribution in [-0.2, 0) is 0 Å². The summed E-state index contributed by atoms with van der Waals surface area (Å²) in [6, 6.07) is 0. The molecule has 1 N–H and O–H groups in total. The SMILES string of the molecule is C[C@@]12CCC[C@@H]1C[C@@H](O)CC2. The summed E-state index contributed by atoms with van der Waals surface area (Å²) in [5.41, 5.74) is 0.610. The van der Waals surface area contributed by atoms with E-state index in [1.807, 2.05) is 0 Å². The lowest BCUT2D eigenvalue weighted by Gasteiger charge is -2.38. The van der Waals surface area contributed by atoms with Crippen molar-refractivity contribution in [2.75, 3.05) is 0 Å². The fourth-order valence-corrected chi connectivity index (χ4v) is 2.98. The van der Waals surface area contributed by atoms with Crippen LogP contribution in [0.2, 0.25) is 0 Å². The molecule has 11 heavy (non-hydrogen) atoms. The summed E-state index contributed by atoms with van der Waals surface area (Å²) in [6.07, 6.45) is 7.58. The maximum Gasteiger partial charge on any atom is 0.0543 e. The molecule has 0 heterocycles. The maximum absolute atomic E-state index is 9.47. The van der Waals surface area contributed by atoms with E-state index in [0.717, 1.165) is 18.8 Å². The second-order valence-electron chi connectivity index (χ2n) is 4.67. The third-order valence-electron chi connectivity index (χ3n) is 3.89. The van der Waals surface area contributed by atoms with Gasteiger partial charge in [0.15, 0.2) is 0 Å². The van der Waals surface area contributed by atoms with Crippen LogP contribution in [0, 0.1) is 11.3 Å².